The molecule has 2 unspecified atom stereocenters. The number of fused-ring (bicyclic) bond motifs is 1. The van der Waals surface area contributed by atoms with Crippen molar-refractivity contribution in [3.05, 3.63) is 52.5 Å². The Bertz CT molecular complexity index is 593. The van der Waals surface area contributed by atoms with E-state index in [9.17, 15) is 0 Å². The third kappa shape index (κ3) is 3.05. The number of nitrogens with two attached hydrogens (primary N) is 1. The lowest BCUT2D eigenvalue weighted by molar-refractivity contribution is 0.130. The van der Waals surface area contributed by atoms with Gasteiger partial charge < -0.3 is 10.3 Å². The predicted octanol–water partition coefficient (Wildman–Crippen LogP) is 2.94. The summed E-state index contributed by atoms with van der Waals surface area (Å²) in [5.41, 5.74) is 7.72. The van der Waals surface area contributed by atoms with E-state index in [-0.39, 0.29) is 12.1 Å². The van der Waals surface area contributed by atoms with E-state index in [0.29, 0.717) is 0 Å². The standard InChI is InChI=1S/C16H21BrN4/c1-2-14(18)16(12-3-5-13(17)6-4-12)21-10-9-20-8-7-19-15(20)11-21/h3-8,14,16H,2,9-11,18H2,1H3. The summed E-state index contributed by atoms with van der Waals surface area (Å²) in [6.45, 7) is 5.01. The quantitative estimate of drug-likeness (QED) is 0.923. The second-order valence-electron chi connectivity index (χ2n) is 5.58. The number of hydrogen-bond donors (Lipinski definition) is 1. The Hall–Kier alpha value is -1.17. The van der Waals surface area contributed by atoms with Gasteiger partial charge in [-0.05, 0) is 24.1 Å². The second kappa shape index (κ2) is 6.30. The van der Waals surface area contributed by atoms with Gasteiger partial charge in [-0.3, -0.25) is 4.90 Å². The van der Waals surface area contributed by atoms with E-state index >= 15 is 0 Å². The average molecular weight is 349 g/mol. The highest BCUT2D eigenvalue weighted by Gasteiger charge is 2.29. The number of benzene rings is 1. The van der Waals surface area contributed by atoms with E-state index in [1.54, 1.807) is 0 Å². The molecule has 0 saturated heterocycles. The maximum absolute atomic E-state index is 6.43. The molecule has 0 spiro atoms. The van der Waals surface area contributed by atoms with Crippen LogP contribution in [0, 0.1) is 0 Å². The minimum absolute atomic E-state index is 0.132. The second-order valence-corrected chi connectivity index (χ2v) is 6.49. The molecule has 5 heteroatoms. The van der Waals surface area contributed by atoms with Crippen molar-refractivity contribution in [3.63, 3.8) is 0 Å². The van der Waals surface area contributed by atoms with E-state index in [1.807, 2.05) is 6.20 Å². The van der Waals surface area contributed by atoms with Crippen LogP contribution in [0.5, 0.6) is 0 Å². The van der Waals surface area contributed by atoms with Crippen molar-refractivity contribution in [2.24, 2.45) is 5.73 Å². The smallest absolute Gasteiger partial charge is 0.122 e. The molecule has 0 amide bonds. The summed E-state index contributed by atoms with van der Waals surface area (Å²) < 4.78 is 3.33. The number of rotatable bonds is 4. The van der Waals surface area contributed by atoms with Crippen LogP contribution in [-0.2, 0) is 13.1 Å². The first-order chi connectivity index (χ1) is 10.2. The summed E-state index contributed by atoms with van der Waals surface area (Å²) >= 11 is 3.50. The molecule has 1 aromatic carbocycles. The van der Waals surface area contributed by atoms with Gasteiger partial charge in [-0.25, -0.2) is 4.98 Å². The molecule has 0 radical (unpaired) electrons. The topological polar surface area (TPSA) is 47.1 Å². The normalized spacial score (nSPS) is 18.2. The van der Waals surface area contributed by atoms with Crippen molar-refractivity contribution in [3.8, 4) is 0 Å². The molecule has 1 aromatic heterocycles. The average Bonchev–Trinajstić information content (AvgIpc) is 2.97. The maximum Gasteiger partial charge on any atom is 0.122 e. The zero-order valence-corrected chi connectivity index (χ0v) is 13.8. The van der Waals surface area contributed by atoms with Crippen LogP contribution in [-0.4, -0.2) is 27.0 Å². The highest BCUT2D eigenvalue weighted by molar-refractivity contribution is 9.10. The van der Waals surface area contributed by atoms with Gasteiger partial charge in [-0.2, -0.15) is 0 Å². The first kappa shape index (κ1) is 14.8. The van der Waals surface area contributed by atoms with Crippen LogP contribution in [0.2, 0.25) is 0 Å². The third-order valence-corrected chi connectivity index (χ3v) is 4.78. The fraction of sp³-hybridized carbons (Fsp3) is 0.438. The van der Waals surface area contributed by atoms with Crippen molar-refractivity contribution in [1.82, 2.24) is 14.5 Å². The highest BCUT2D eigenvalue weighted by Crippen LogP contribution is 2.29. The van der Waals surface area contributed by atoms with Gasteiger partial charge in [-0.1, -0.05) is 35.0 Å². The molecule has 21 heavy (non-hydrogen) atoms. The molecule has 3 rings (SSSR count). The lowest BCUT2D eigenvalue weighted by Crippen LogP contribution is -2.44. The molecule has 1 aliphatic rings. The van der Waals surface area contributed by atoms with Crippen LogP contribution in [0.1, 0.15) is 30.8 Å². The first-order valence-electron chi connectivity index (χ1n) is 7.44. The Balaban J connectivity index is 1.88. The molecule has 4 nitrogen and oxygen atoms in total. The maximum atomic E-state index is 6.43. The molecule has 2 aromatic rings. The molecular weight excluding hydrogens is 328 g/mol. The SMILES string of the molecule is CCC(N)C(c1ccc(Br)cc1)N1CCn2ccnc2C1. The van der Waals surface area contributed by atoms with Crippen LogP contribution in [0.4, 0.5) is 0 Å². The number of halogens is 1. The van der Waals surface area contributed by atoms with Crippen LogP contribution in [0.3, 0.4) is 0 Å². The van der Waals surface area contributed by atoms with Crippen LogP contribution in [0.25, 0.3) is 0 Å². The first-order valence-corrected chi connectivity index (χ1v) is 8.23. The van der Waals surface area contributed by atoms with Gasteiger partial charge in [0.2, 0.25) is 0 Å². The number of hydrogen-bond acceptors (Lipinski definition) is 3. The van der Waals surface area contributed by atoms with Gasteiger partial charge in [0.25, 0.3) is 0 Å². The van der Waals surface area contributed by atoms with Gasteiger partial charge in [0, 0.05) is 36.0 Å². The van der Waals surface area contributed by atoms with Gasteiger partial charge in [0.05, 0.1) is 12.6 Å². The fourth-order valence-corrected chi connectivity index (χ4v) is 3.31. The molecule has 0 bridgehead atoms. The van der Waals surface area contributed by atoms with Crippen molar-refractivity contribution >= 4 is 15.9 Å². The lowest BCUT2D eigenvalue weighted by atomic mass is 9.96. The Morgan fingerprint density at radius 3 is 2.76 bits per heavy atom. The summed E-state index contributed by atoms with van der Waals surface area (Å²) in [6, 6.07) is 8.91. The van der Waals surface area contributed by atoms with Crippen LogP contribution >= 0.6 is 15.9 Å². The molecule has 2 heterocycles. The molecular formula is C16H21BrN4. The Kier molecular flexibility index (Phi) is 4.42. The predicted molar refractivity (Wildman–Crippen MR) is 87.8 cm³/mol. The van der Waals surface area contributed by atoms with Crippen molar-refractivity contribution in [1.29, 1.82) is 0 Å². The summed E-state index contributed by atoms with van der Waals surface area (Å²) in [6.07, 6.45) is 4.90. The molecule has 2 atom stereocenters. The summed E-state index contributed by atoms with van der Waals surface area (Å²) in [7, 11) is 0. The van der Waals surface area contributed by atoms with E-state index in [1.165, 1.54) is 5.56 Å². The molecule has 2 N–H and O–H groups in total. The van der Waals surface area contributed by atoms with Gasteiger partial charge in [0.1, 0.15) is 5.82 Å². The van der Waals surface area contributed by atoms with E-state index in [4.69, 9.17) is 5.73 Å². The minimum atomic E-state index is 0.132. The molecule has 0 fully saturated rings. The third-order valence-electron chi connectivity index (χ3n) is 4.26. The lowest BCUT2D eigenvalue weighted by Gasteiger charge is -2.38. The van der Waals surface area contributed by atoms with E-state index in [2.05, 4.69) is 67.8 Å². The van der Waals surface area contributed by atoms with E-state index in [0.717, 1.165) is 36.4 Å². The zero-order valence-electron chi connectivity index (χ0n) is 12.2. The molecule has 0 saturated carbocycles. The summed E-state index contributed by atoms with van der Waals surface area (Å²) in [5, 5.41) is 0. The van der Waals surface area contributed by atoms with Gasteiger partial charge in [0.15, 0.2) is 0 Å². The van der Waals surface area contributed by atoms with Crippen molar-refractivity contribution in [2.75, 3.05) is 6.54 Å². The number of imidazole rings is 1. The van der Waals surface area contributed by atoms with E-state index < -0.39 is 0 Å². The Morgan fingerprint density at radius 2 is 2.05 bits per heavy atom. The van der Waals surface area contributed by atoms with Gasteiger partial charge in [-0.15, -0.1) is 0 Å². The molecule has 112 valence electrons. The summed E-state index contributed by atoms with van der Waals surface area (Å²) in [4.78, 5) is 6.91. The molecule has 0 aliphatic carbocycles. The number of aromatic nitrogens is 2. The monoisotopic (exact) mass is 348 g/mol. The van der Waals surface area contributed by atoms with Gasteiger partial charge >= 0.3 is 0 Å². The molecule has 1 aliphatic heterocycles. The van der Waals surface area contributed by atoms with Crippen LogP contribution < -0.4 is 5.73 Å². The zero-order chi connectivity index (χ0) is 14.8. The van der Waals surface area contributed by atoms with Crippen molar-refractivity contribution < 1.29 is 0 Å². The Morgan fingerprint density at radius 1 is 1.29 bits per heavy atom. The Labute approximate surface area is 134 Å². The fourth-order valence-electron chi connectivity index (χ4n) is 3.04. The highest BCUT2D eigenvalue weighted by atomic mass is 79.9. The summed E-state index contributed by atoms with van der Waals surface area (Å²) in [5.74, 6) is 1.13. The minimum Gasteiger partial charge on any atom is -0.333 e. The largest absolute Gasteiger partial charge is 0.333 e. The number of nitrogens with zero attached hydrogens (tertiary/aromatic N) is 3. The van der Waals surface area contributed by atoms with Crippen LogP contribution in [0.15, 0.2) is 41.1 Å². The van der Waals surface area contributed by atoms with Crippen molar-refractivity contribution in [2.45, 2.75) is 38.5 Å².